The van der Waals surface area contributed by atoms with Gasteiger partial charge >= 0.3 is 12.3 Å². The highest BCUT2D eigenvalue weighted by atomic mass is 19.4. The smallest absolute Gasteiger partial charge is 0.212 e. The van der Waals surface area contributed by atoms with Gasteiger partial charge in [-0.05, 0) is 0 Å². The number of alkyl halides is 3. The SMILES string of the molecule is N#C[C](F)C(F)(F)F. The summed E-state index contributed by atoms with van der Waals surface area (Å²) in [5.41, 5.74) is 0. The maximum absolute atomic E-state index is 11.1. The van der Waals surface area contributed by atoms with Crippen molar-refractivity contribution < 1.29 is 17.6 Å². The Hall–Kier alpha value is -0.790. The number of rotatable bonds is 0. The molecular formula is C3F4N. The van der Waals surface area contributed by atoms with E-state index in [1.165, 1.54) is 0 Å². The second kappa shape index (κ2) is 1.99. The molecule has 0 aliphatic heterocycles. The van der Waals surface area contributed by atoms with Crippen molar-refractivity contribution in [1.82, 2.24) is 0 Å². The van der Waals surface area contributed by atoms with E-state index in [0.29, 0.717) is 6.07 Å². The van der Waals surface area contributed by atoms with Crippen LogP contribution in [-0.4, -0.2) is 6.18 Å². The van der Waals surface area contributed by atoms with Crippen molar-refractivity contribution in [3.63, 3.8) is 0 Å². The first kappa shape index (κ1) is 7.21. The number of halogens is 4. The van der Waals surface area contributed by atoms with E-state index in [0.717, 1.165) is 0 Å². The van der Waals surface area contributed by atoms with Crippen LogP contribution in [-0.2, 0) is 0 Å². The van der Waals surface area contributed by atoms with Crippen LogP contribution < -0.4 is 0 Å². The molecule has 0 unspecified atom stereocenters. The number of nitrogens with zero attached hydrogens (tertiary/aromatic N) is 1. The van der Waals surface area contributed by atoms with Gasteiger partial charge in [-0.3, -0.25) is 0 Å². The van der Waals surface area contributed by atoms with Gasteiger partial charge in [0, 0.05) is 0 Å². The lowest BCUT2D eigenvalue weighted by molar-refractivity contribution is -0.127. The molecule has 0 heterocycles. The number of nitriles is 1. The first-order chi connectivity index (χ1) is 3.48. The van der Waals surface area contributed by atoms with Crippen molar-refractivity contribution in [3.05, 3.63) is 6.17 Å². The molecule has 0 aromatic heterocycles. The minimum absolute atomic E-state index is 0.330. The average Bonchev–Trinajstić information content (AvgIpc) is 1.62. The molecule has 0 aliphatic carbocycles. The zero-order chi connectivity index (χ0) is 6.78. The Morgan fingerprint density at radius 1 is 1.38 bits per heavy atom. The highest BCUT2D eigenvalue weighted by Crippen LogP contribution is 2.27. The van der Waals surface area contributed by atoms with Crippen LogP contribution in [0.5, 0.6) is 0 Å². The number of hydrogen-bond donors (Lipinski definition) is 0. The topological polar surface area (TPSA) is 23.8 Å². The third kappa shape index (κ3) is 1.78. The summed E-state index contributed by atoms with van der Waals surface area (Å²) in [6, 6.07) is 0.330. The van der Waals surface area contributed by atoms with Gasteiger partial charge in [-0.2, -0.15) is 18.4 Å². The highest BCUT2D eigenvalue weighted by molar-refractivity contribution is 5.06. The van der Waals surface area contributed by atoms with Crippen LogP contribution in [0.3, 0.4) is 0 Å². The van der Waals surface area contributed by atoms with Crippen LogP contribution in [0.4, 0.5) is 17.6 Å². The van der Waals surface area contributed by atoms with Gasteiger partial charge in [0.1, 0.15) is 6.07 Å². The maximum Gasteiger partial charge on any atom is 0.441 e. The summed E-state index contributed by atoms with van der Waals surface area (Å²) in [7, 11) is 0. The van der Waals surface area contributed by atoms with Crippen molar-refractivity contribution in [2.45, 2.75) is 6.18 Å². The minimum atomic E-state index is -5.10. The molecule has 0 fully saturated rings. The molecule has 1 nitrogen and oxygen atoms in total. The largest absolute Gasteiger partial charge is 0.441 e. The Labute approximate surface area is 42.5 Å². The predicted molar refractivity (Wildman–Crippen MR) is 16.0 cm³/mol. The summed E-state index contributed by atoms with van der Waals surface area (Å²) in [4.78, 5) is 0. The van der Waals surface area contributed by atoms with Crippen LogP contribution in [0.25, 0.3) is 0 Å². The van der Waals surface area contributed by atoms with E-state index in [4.69, 9.17) is 5.26 Å². The fourth-order valence-corrected chi connectivity index (χ4v) is 0.0634. The fourth-order valence-electron chi connectivity index (χ4n) is 0.0634. The van der Waals surface area contributed by atoms with Gasteiger partial charge in [-0.25, -0.2) is 4.39 Å². The molecule has 45 valence electrons. The van der Waals surface area contributed by atoms with Crippen molar-refractivity contribution >= 4 is 0 Å². The van der Waals surface area contributed by atoms with E-state index in [-0.39, 0.29) is 0 Å². The van der Waals surface area contributed by atoms with Gasteiger partial charge in [-0.1, -0.05) is 0 Å². The van der Waals surface area contributed by atoms with Crippen LogP contribution in [0.2, 0.25) is 0 Å². The van der Waals surface area contributed by atoms with Gasteiger partial charge in [0.15, 0.2) is 0 Å². The first-order valence-corrected chi connectivity index (χ1v) is 1.48. The summed E-state index contributed by atoms with van der Waals surface area (Å²) in [6.07, 6.45) is -7.72. The number of hydrogen-bond acceptors (Lipinski definition) is 1. The van der Waals surface area contributed by atoms with Crippen molar-refractivity contribution in [2.24, 2.45) is 0 Å². The molecular weight excluding hydrogens is 126 g/mol. The molecule has 0 aromatic carbocycles. The van der Waals surface area contributed by atoms with E-state index < -0.39 is 12.3 Å². The van der Waals surface area contributed by atoms with E-state index in [2.05, 4.69) is 0 Å². The third-order valence-corrected chi connectivity index (χ3v) is 0.347. The molecule has 0 amide bonds. The summed E-state index contributed by atoms with van der Waals surface area (Å²) >= 11 is 0. The second-order valence-electron chi connectivity index (χ2n) is 0.924. The van der Waals surface area contributed by atoms with Gasteiger partial charge in [-0.15, -0.1) is 0 Å². The quantitative estimate of drug-likeness (QED) is 0.452. The molecule has 0 saturated heterocycles. The summed E-state index contributed by atoms with van der Waals surface area (Å²) < 4.78 is 43.5. The minimum Gasteiger partial charge on any atom is -0.212 e. The Balaban J connectivity index is 3.87. The molecule has 0 aliphatic rings. The van der Waals surface area contributed by atoms with Crippen LogP contribution in [0.15, 0.2) is 0 Å². The molecule has 0 bridgehead atoms. The Bertz CT molecular complexity index is 109. The van der Waals surface area contributed by atoms with Gasteiger partial charge in [0.05, 0.1) is 0 Å². The molecule has 0 rings (SSSR count). The van der Waals surface area contributed by atoms with Gasteiger partial charge < -0.3 is 0 Å². The van der Waals surface area contributed by atoms with Gasteiger partial charge in [0.2, 0.25) is 0 Å². The second-order valence-corrected chi connectivity index (χ2v) is 0.924. The molecule has 1 radical (unpaired) electrons. The van der Waals surface area contributed by atoms with Crippen LogP contribution in [0, 0.1) is 17.5 Å². The normalized spacial score (nSPS) is 11.5. The highest BCUT2D eigenvalue weighted by Gasteiger charge is 2.42. The van der Waals surface area contributed by atoms with Crippen LogP contribution in [0.1, 0.15) is 0 Å². The molecule has 0 atom stereocenters. The zero-order valence-corrected chi connectivity index (χ0v) is 3.46. The molecule has 0 aromatic rings. The van der Waals surface area contributed by atoms with E-state index >= 15 is 0 Å². The predicted octanol–water partition coefficient (Wildman–Crippen LogP) is 1.57. The monoisotopic (exact) mass is 126 g/mol. The lowest BCUT2D eigenvalue weighted by atomic mass is 10.4. The van der Waals surface area contributed by atoms with Gasteiger partial charge in [0.25, 0.3) is 0 Å². The van der Waals surface area contributed by atoms with E-state index in [9.17, 15) is 17.6 Å². The van der Waals surface area contributed by atoms with Crippen molar-refractivity contribution in [2.75, 3.05) is 0 Å². The summed E-state index contributed by atoms with van der Waals surface area (Å²) in [5, 5.41) is 7.29. The standard InChI is InChI=1S/C3F4N/c4-2(1-8)3(5,6)7. The summed E-state index contributed by atoms with van der Waals surface area (Å²) in [5.74, 6) is 0. The van der Waals surface area contributed by atoms with Crippen molar-refractivity contribution in [1.29, 1.82) is 5.26 Å². The Morgan fingerprint density at radius 3 is 1.75 bits per heavy atom. The molecule has 5 heteroatoms. The lowest BCUT2D eigenvalue weighted by Gasteiger charge is -1.99. The Kier molecular flexibility index (Phi) is 1.79. The lowest BCUT2D eigenvalue weighted by Crippen LogP contribution is -2.13. The molecule has 0 spiro atoms. The Morgan fingerprint density at radius 2 is 1.75 bits per heavy atom. The van der Waals surface area contributed by atoms with Crippen molar-refractivity contribution in [3.8, 4) is 6.07 Å². The summed E-state index contributed by atoms with van der Waals surface area (Å²) in [6.45, 7) is 0. The maximum atomic E-state index is 11.1. The van der Waals surface area contributed by atoms with E-state index in [1.54, 1.807) is 0 Å². The molecule has 0 saturated carbocycles. The first-order valence-electron chi connectivity index (χ1n) is 1.48. The third-order valence-electron chi connectivity index (χ3n) is 0.347. The van der Waals surface area contributed by atoms with E-state index in [1.807, 2.05) is 0 Å². The zero-order valence-electron chi connectivity index (χ0n) is 3.46. The fraction of sp³-hybridized carbons (Fsp3) is 0.333. The molecule has 8 heavy (non-hydrogen) atoms. The molecule has 0 N–H and O–H groups in total. The van der Waals surface area contributed by atoms with Crippen LogP contribution >= 0.6 is 0 Å². The average molecular weight is 126 g/mol.